The molecule has 11 heteroatoms. The molecule has 0 saturated heterocycles. The SMILES string of the molecule is CSCC(=O)Nc1nc2c(s1)CC1C(C)(CO)C(O)CCC1(C)C2CC(=O)NCCNC(C)=O. The number of rotatable bonds is 9. The van der Waals surface area contributed by atoms with Crippen LogP contribution in [0, 0.1) is 16.7 Å². The van der Waals surface area contributed by atoms with E-state index in [0.717, 1.165) is 10.6 Å². The Labute approximate surface area is 208 Å². The highest BCUT2D eigenvalue weighted by Gasteiger charge is 2.59. The number of amides is 3. The highest BCUT2D eigenvalue weighted by Crippen LogP contribution is 2.62. The van der Waals surface area contributed by atoms with Crippen LogP contribution in [-0.4, -0.2) is 70.7 Å². The van der Waals surface area contributed by atoms with E-state index in [9.17, 15) is 24.6 Å². The maximum atomic E-state index is 12.9. The first-order chi connectivity index (χ1) is 16.0. The lowest BCUT2D eigenvalue weighted by atomic mass is 9.47. The van der Waals surface area contributed by atoms with Crippen molar-refractivity contribution in [2.45, 2.75) is 58.5 Å². The molecule has 0 aliphatic heterocycles. The molecule has 0 spiro atoms. The molecule has 2 aliphatic rings. The molecule has 3 amide bonds. The lowest BCUT2D eigenvalue weighted by molar-refractivity contribution is -0.144. The van der Waals surface area contributed by atoms with Gasteiger partial charge in [-0.05, 0) is 36.9 Å². The summed E-state index contributed by atoms with van der Waals surface area (Å²) in [4.78, 5) is 41.9. The Morgan fingerprint density at radius 3 is 2.56 bits per heavy atom. The molecule has 1 heterocycles. The van der Waals surface area contributed by atoms with Gasteiger partial charge in [0.2, 0.25) is 17.7 Å². The van der Waals surface area contributed by atoms with Gasteiger partial charge in [0, 0.05) is 42.6 Å². The van der Waals surface area contributed by atoms with Gasteiger partial charge in [0.25, 0.3) is 0 Å². The van der Waals surface area contributed by atoms with Gasteiger partial charge < -0.3 is 26.2 Å². The van der Waals surface area contributed by atoms with Crippen molar-refractivity contribution < 1.29 is 24.6 Å². The van der Waals surface area contributed by atoms with Crippen LogP contribution in [0.3, 0.4) is 0 Å². The number of hydrogen-bond acceptors (Lipinski definition) is 8. The maximum Gasteiger partial charge on any atom is 0.236 e. The summed E-state index contributed by atoms with van der Waals surface area (Å²) in [7, 11) is 0. The van der Waals surface area contributed by atoms with Crippen LogP contribution in [-0.2, 0) is 20.8 Å². The third-order valence-corrected chi connectivity index (χ3v) is 9.19. The predicted molar refractivity (Wildman–Crippen MR) is 134 cm³/mol. The predicted octanol–water partition coefficient (Wildman–Crippen LogP) is 1.50. The summed E-state index contributed by atoms with van der Waals surface area (Å²) in [5.74, 6) is -0.342. The van der Waals surface area contributed by atoms with Crippen LogP contribution in [0.5, 0.6) is 0 Å². The van der Waals surface area contributed by atoms with Gasteiger partial charge >= 0.3 is 0 Å². The van der Waals surface area contributed by atoms with Crippen LogP contribution in [0.25, 0.3) is 0 Å². The number of fused-ring (bicyclic) bond motifs is 2. The van der Waals surface area contributed by atoms with Crippen molar-refractivity contribution in [1.29, 1.82) is 0 Å². The lowest BCUT2D eigenvalue weighted by Crippen LogP contribution is -2.57. The Morgan fingerprint density at radius 2 is 1.91 bits per heavy atom. The van der Waals surface area contributed by atoms with Gasteiger partial charge in [0.05, 0.1) is 24.2 Å². The first-order valence-corrected chi connectivity index (χ1v) is 13.8. The van der Waals surface area contributed by atoms with Crippen molar-refractivity contribution in [2.75, 3.05) is 37.0 Å². The number of anilines is 1. The molecule has 0 bridgehead atoms. The van der Waals surface area contributed by atoms with E-state index >= 15 is 0 Å². The van der Waals surface area contributed by atoms with E-state index in [4.69, 9.17) is 4.98 Å². The Bertz CT molecular complexity index is 925. The van der Waals surface area contributed by atoms with E-state index in [-0.39, 0.29) is 48.0 Å². The van der Waals surface area contributed by atoms with E-state index in [1.54, 1.807) is 0 Å². The van der Waals surface area contributed by atoms with Crippen molar-refractivity contribution in [3.63, 3.8) is 0 Å². The molecule has 2 aliphatic carbocycles. The van der Waals surface area contributed by atoms with E-state index in [2.05, 4.69) is 22.9 Å². The second-order valence-corrected chi connectivity index (χ2v) is 11.8. The monoisotopic (exact) mass is 512 g/mol. The minimum atomic E-state index is -0.697. The molecule has 1 saturated carbocycles. The minimum Gasteiger partial charge on any atom is -0.396 e. The number of thiazole rings is 1. The quantitative estimate of drug-likeness (QED) is 0.316. The zero-order valence-electron chi connectivity index (χ0n) is 20.3. The molecule has 190 valence electrons. The molecule has 3 rings (SSSR count). The van der Waals surface area contributed by atoms with Crippen molar-refractivity contribution in [3.8, 4) is 0 Å². The number of nitrogens with one attached hydrogen (secondary N) is 3. The summed E-state index contributed by atoms with van der Waals surface area (Å²) in [5, 5.41) is 30.1. The van der Waals surface area contributed by atoms with Crippen LogP contribution in [0.15, 0.2) is 0 Å². The average molecular weight is 513 g/mol. The third-order valence-electron chi connectivity index (χ3n) is 7.63. The standard InChI is InChI=1S/C23H36N4O5S2/c1-13(29)24-7-8-25-18(31)9-14-20-15(34-21(27-20)26-19(32)11-33-4)10-16-22(14,2)6-5-17(30)23(16,3)12-28/h14,16-17,28,30H,5-12H2,1-4H3,(H,24,29)(H,25,31)(H,26,27,32). The molecule has 9 nitrogen and oxygen atoms in total. The number of hydrogen-bond donors (Lipinski definition) is 5. The van der Waals surface area contributed by atoms with Crippen LogP contribution in [0.1, 0.15) is 56.5 Å². The molecule has 5 N–H and O–H groups in total. The van der Waals surface area contributed by atoms with Crippen molar-refractivity contribution in [2.24, 2.45) is 16.7 Å². The van der Waals surface area contributed by atoms with Gasteiger partial charge in [-0.2, -0.15) is 11.8 Å². The normalized spacial score (nSPS) is 30.1. The molecular formula is C23H36N4O5S2. The van der Waals surface area contributed by atoms with Gasteiger partial charge in [-0.15, -0.1) is 11.3 Å². The number of aliphatic hydroxyl groups is 2. The highest BCUT2D eigenvalue weighted by atomic mass is 32.2. The molecule has 0 radical (unpaired) electrons. The fraction of sp³-hybridized carbons (Fsp3) is 0.739. The molecule has 1 fully saturated rings. The fourth-order valence-electron chi connectivity index (χ4n) is 5.68. The zero-order chi connectivity index (χ0) is 25.1. The number of aliphatic hydroxyl groups excluding tert-OH is 2. The average Bonchev–Trinajstić information content (AvgIpc) is 3.17. The van der Waals surface area contributed by atoms with Crippen molar-refractivity contribution >= 4 is 46.0 Å². The Morgan fingerprint density at radius 1 is 1.21 bits per heavy atom. The third kappa shape index (κ3) is 5.42. The van der Waals surface area contributed by atoms with Crippen molar-refractivity contribution in [1.82, 2.24) is 15.6 Å². The Kier molecular flexibility index (Phi) is 8.65. The summed E-state index contributed by atoms with van der Waals surface area (Å²) in [6.07, 6.45) is 3.33. The second-order valence-electron chi connectivity index (χ2n) is 9.88. The largest absolute Gasteiger partial charge is 0.396 e. The number of carbonyl (C=O) groups is 3. The number of thioether (sulfide) groups is 1. The highest BCUT2D eigenvalue weighted by molar-refractivity contribution is 7.99. The van der Waals surface area contributed by atoms with Gasteiger partial charge in [-0.3, -0.25) is 14.4 Å². The Hall–Kier alpha value is -1.69. The van der Waals surface area contributed by atoms with E-state index in [1.165, 1.54) is 30.0 Å². The zero-order valence-corrected chi connectivity index (χ0v) is 21.9. The second kappa shape index (κ2) is 10.9. The molecule has 1 aromatic heterocycles. The first kappa shape index (κ1) is 26.9. The van der Waals surface area contributed by atoms with Gasteiger partial charge in [-0.25, -0.2) is 4.98 Å². The fourth-order valence-corrected chi connectivity index (χ4v) is 7.10. The van der Waals surface area contributed by atoms with Gasteiger partial charge in [-0.1, -0.05) is 13.8 Å². The minimum absolute atomic E-state index is 0.0476. The topological polar surface area (TPSA) is 141 Å². The van der Waals surface area contributed by atoms with E-state index < -0.39 is 11.5 Å². The number of aromatic nitrogens is 1. The lowest BCUT2D eigenvalue weighted by Gasteiger charge is -2.58. The van der Waals surface area contributed by atoms with Gasteiger partial charge in [0.15, 0.2) is 5.13 Å². The molecule has 5 unspecified atom stereocenters. The van der Waals surface area contributed by atoms with Crippen LogP contribution in [0.2, 0.25) is 0 Å². The molecular weight excluding hydrogens is 476 g/mol. The Balaban J connectivity index is 1.91. The molecule has 34 heavy (non-hydrogen) atoms. The van der Waals surface area contributed by atoms with Crippen LogP contribution in [0.4, 0.5) is 5.13 Å². The smallest absolute Gasteiger partial charge is 0.236 e. The summed E-state index contributed by atoms with van der Waals surface area (Å²) in [5.41, 5.74) is -0.221. The number of nitrogens with zero attached hydrogens (tertiary/aromatic N) is 1. The van der Waals surface area contributed by atoms with Crippen molar-refractivity contribution in [3.05, 3.63) is 10.6 Å². The summed E-state index contributed by atoms with van der Waals surface area (Å²) in [6, 6.07) is 0. The van der Waals surface area contributed by atoms with Gasteiger partial charge in [0.1, 0.15) is 0 Å². The van der Waals surface area contributed by atoms with Crippen LogP contribution < -0.4 is 16.0 Å². The first-order valence-electron chi connectivity index (χ1n) is 11.6. The van der Waals surface area contributed by atoms with E-state index in [0.29, 0.717) is 43.2 Å². The summed E-state index contributed by atoms with van der Waals surface area (Å²) in [6.45, 7) is 6.04. The number of carbonyl (C=O) groups excluding carboxylic acids is 3. The maximum absolute atomic E-state index is 12.9. The summed E-state index contributed by atoms with van der Waals surface area (Å²) >= 11 is 2.85. The molecule has 0 aromatic carbocycles. The van der Waals surface area contributed by atoms with E-state index in [1.807, 2.05) is 13.2 Å². The molecule has 1 aromatic rings. The van der Waals surface area contributed by atoms with Crippen LogP contribution >= 0.6 is 23.1 Å². The molecule has 5 atom stereocenters. The summed E-state index contributed by atoms with van der Waals surface area (Å²) < 4.78 is 0.